The van der Waals surface area contributed by atoms with Gasteiger partial charge in [-0.2, -0.15) is 0 Å². The van der Waals surface area contributed by atoms with Crippen molar-refractivity contribution in [2.75, 3.05) is 0 Å². The summed E-state index contributed by atoms with van der Waals surface area (Å²) in [6.07, 6.45) is 4.56. The molecule has 1 aliphatic rings. The minimum absolute atomic E-state index is 0.214. The molecule has 1 aliphatic carbocycles. The molecule has 0 saturated carbocycles. The lowest BCUT2D eigenvalue weighted by atomic mass is 9.97. The van der Waals surface area contributed by atoms with Gasteiger partial charge in [0, 0.05) is 4.91 Å². The Kier molecular flexibility index (Phi) is 2.62. The Morgan fingerprint density at radius 2 is 2.27 bits per heavy atom. The zero-order chi connectivity index (χ0) is 8.43. The van der Waals surface area contributed by atoms with Crippen LogP contribution in [0.2, 0.25) is 0 Å². The smallest absolute Gasteiger partial charge is 0.182 e. The van der Waals surface area contributed by atoms with E-state index in [1.807, 2.05) is 19.9 Å². The highest BCUT2D eigenvalue weighted by Gasteiger charge is 2.16. The van der Waals surface area contributed by atoms with Crippen LogP contribution in [-0.2, 0) is 11.1 Å². The quantitative estimate of drug-likeness (QED) is 0.615. The van der Waals surface area contributed by atoms with E-state index < -0.39 is 11.1 Å². The van der Waals surface area contributed by atoms with Crippen molar-refractivity contribution in [2.24, 2.45) is 5.92 Å². The average Bonchev–Trinajstić information content (AvgIpc) is 1.85. The van der Waals surface area contributed by atoms with Gasteiger partial charge in [-0.05, 0) is 25.3 Å². The van der Waals surface area contributed by atoms with E-state index in [9.17, 15) is 4.21 Å². The molecule has 0 aliphatic heterocycles. The topological polar surface area (TPSA) is 37.3 Å². The predicted octanol–water partition coefficient (Wildman–Crippen LogP) is 2.08. The van der Waals surface area contributed by atoms with Crippen molar-refractivity contribution in [1.82, 2.24) is 0 Å². The molecule has 1 rings (SSSR count). The molecular formula is C8H12O2S. The Balaban J connectivity index is 2.87. The van der Waals surface area contributed by atoms with Crippen molar-refractivity contribution in [3.8, 4) is 0 Å². The van der Waals surface area contributed by atoms with E-state index >= 15 is 0 Å². The maximum Gasteiger partial charge on any atom is 0.182 e. The third-order valence-corrected chi connectivity index (χ3v) is 2.79. The molecule has 62 valence electrons. The molecule has 0 radical (unpaired) electrons. The maximum atomic E-state index is 10.7. The van der Waals surface area contributed by atoms with Gasteiger partial charge in [-0.3, -0.25) is 0 Å². The molecule has 0 amide bonds. The SMILES string of the molecule is CC1=CC=C(S(=O)O)C(C)C1. The fraction of sp³-hybridized carbons (Fsp3) is 0.500. The summed E-state index contributed by atoms with van der Waals surface area (Å²) in [6.45, 7) is 4.00. The van der Waals surface area contributed by atoms with Gasteiger partial charge in [0.05, 0.1) is 0 Å². The van der Waals surface area contributed by atoms with Gasteiger partial charge in [0.2, 0.25) is 0 Å². The molecule has 11 heavy (non-hydrogen) atoms. The van der Waals surface area contributed by atoms with Crippen molar-refractivity contribution in [2.45, 2.75) is 20.3 Å². The minimum Gasteiger partial charge on any atom is -0.302 e. The summed E-state index contributed by atoms with van der Waals surface area (Å²) in [4.78, 5) is 0.635. The lowest BCUT2D eigenvalue weighted by molar-refractivity contribution is 0.558. The van der Waals surface area contributed by atoms with Gasteiger partial charge in [-0.1, -0.05) is 18.6 Å². The monoisotopic (exact) mass is 172 g/mol. The second kappa shape index (κ2) is 3.32. The third kappa shape index (κ3) is 2.01. The Hall–Kier alpha value is -0.410. The highest BCUT2D eigenvalue weighted by atomic mass is 32.2. The largest absolute Gasteiger partial charge is 0.302 e. The van der Waals surface area contributed by atoms with Crippen molar-refractivity contribution in [3.05, 3.63) is 22.6 Å². The molecule has 0 aromatic carbocycles. The molecule has 0 fully saturated rings. The number of rotatable bonds is 1. The van der Waals surface area contributed by atoms with E-state index in [-0.39, 0.29) is 5.92 Å². The first-order chi connectivity index (χ1) is 5.11. The summed E-state index contributed by atoms with van der Waals surface area (Å²) in [5, 5.41) is 0. The molecule has 0 aromatic heterocycles. The summed E-state index contributed by atoms with van der Waals surface area (Å²) in [5.41, 5.74) is 1.27. The minimum atomic E-state index is -1.78. The number of hydrogen-bond donors (Lipinski definition) is 1. The summed E-state index contributed by atoms with van der Waals surface area (Å²) < 4.78 is 19.5. The van der Waals surface area contributed by atoms with Crippen molar-refractivity contribution >= 4 is 11.1 Å². The number of hydrogen-bond acceptors (Lipinski definition) is 1. The molecule has 0 spiro atoms. The van der Waals surface area contributed by atoms with Crippen LogP contribution in [0.25, 0.3) is 0 Å². The van der Waals surface area contributed by atoms with Crippen LogP contribution in [0, 0.1) is 5.92 Å². The summed E-state index contributed by atoms with van der Waals surface area (Å²) in [5.74, 6) is 0.214. The summed E-state index contributed by atoms with van der Waals surface area (Å²) in [6, 6.07) is 0. The molecule has 2 nitrogen and oxygen atoms in total. The first-order valence-corrected chi connectivity index (χ1v) is 4.70. The van der Waals surface area contributed by atoms with Gasteiger partial charge in [-0.25, -0.2) is 4.21 Å². The Labute approximate surface area is 69.3 Å². The van der Waals surface area contributed by atoms with E-state index in [0.717, 1.165) is 6.42 Å². The molecule has 0 heterocycles. The molecular weight excluding hydrogens is 160 g/mol. The van der Waals surface area contributed by atoms with Gasteiger partial charge < -0.3 is 4.55 Å². The van der Waals surface area contributed by atoms with Crippen molar-refractivity contribution < 1.29 is 8.76 Å². The second-order valence-corrected chi connectivity index (χ2v) is 3.91. The fourth-order valence-electron chi connectivity index (χ4n) is 1.27. The first kappa shape index (κ1) is 8.68. The zero-order valence-corrected chi connectivity index (χ0v) is 7.52. The van der Waals surface area contributed by atoms with Crippen LogP contribution in [0.15, 0.2) is 22.6 Å². The molecule has 0 bridgehead atoms. The van der Waals surface area contributed by atoms with Crippen molar-refractivity contribution in [3.63, 3.8) is 0 Å². The van der Waals surface area contributed by atoms with Gasteiger partial charge in [0.1, 0.15) is 0 Å². The zero-order valence-electron chi connectivity index (χ0n) is 6.70. The van der Waals surface area contributed by atoms with Gasteiger partial charge in [0.25, 0.3) is 0 Å². The van der Waals surface area contributed by atoms with Crippen LogP contribution >= 0.6 is 0 Å². The second-order valence-electron chi connectivity index (χ2n) is 2.94. The van der Waals surface area contributed by atoms with Gasteiger partial charge in [0.15, 0.2) is 11.1 Å². The maximum absolute atomic E-state index is 10.7. The van der Waals surface area contributed by atoms with E-state index in [0.29, 0.717) is 4.91 Å². The first-order valence-electron chi connectivity index (χ1n) is 3.59. The van der Waals surface area contributed by atoms with Gasteiger partial charge in [-0.15, -0.1) is 0 Å². The van der Waals surface area contributed by atoms with E-state index in [4.69, 9.17) is 4.55 Å². The normalized spacial score (nSPS) is 27.4. The molecule has 0 aromatic rings. The molecule has 1 N–H and O–H groups in total. The highest BCUT2D eigenvalue weighted by molar-refractivity contribution is 7.83. The van der Waals surface area contributed by atoms with E-state index in [1.165, 1.54) is 5.57 Å². The summed E-state index contributed by atoms with van der Waals surface area (Å²) in [7, 11) is 0. The predicted molar refractivity (Wildman–Crippen MR) is 46.4 cm³/mol. The third-order valence-electron chi connectivity index (χ3n) is 1.85. The molecule has 2 unspecified atom stereocenters. The highest BCUT2D eigenvalue weighted by Crippen LogP contribution is 2.25. The van der Waals surface area contributed by atoms with Crippen LogP contribution < -0.4 is 0 Å². The number of allylic oxidation sites excluding steroid dienone is 4. The van der Waals surface area contributed by atoms with Crippen LogP contribution in [-0.4, -0.2) is 8.76 Å². The van der Waals surface area contributed by atoms with E-state index in [2.05, 4.69) is 0 Å². The van der Waals surface area contributed by atoms with E-state index in [1.54, 1.807) is 6.08 Å². The Morgan fingerprint density at radius 3 is 2.73 bits per heavy atom. The lowest BCUT2D eigenvalue weighted by Crippen LogP contribution is -2.08. The molecule has 0 saturated heterocycles. The van der Waals surface area contributed by atoms with Crippen molar-refractivity contribution in [1.29, 1.82) is 0 Å². The average molecular weight is 172 g/mol. The Bertz CT molecular complexity index is 240. The molecule has 3 heteroatoms. The summed E-state index contributed by atoms with van der Waals surface area (Å²) >= 11 is -1.78. The van der Waals surface area contributed by atoms with Crippen LogP contribution in [0.3, 0.4) is 0 Å². The molecule has 2 atom stereocenters. The van der Waals surface area contributed by atoms with Crippen LogP contribution in [0.1, 0.15) is 20.3 Å². The van der Waals surface area contributed by atoms with Gasteiger partial charge >= 0.3 is 0 Å². The standard InChI is InChI=1S/C8H12O2S/c1-6-3-4-8(11(9)10)7(2)5-6/h3-4,7H,5H2,1-2H3,(H,9,10). The Morgan fingerprint density at radius 1 is 1.64 bits per heavy atom. The van der Waals surface area contributed by atoms with Crippen LogP contribution in [0.4, 0.5) is 0 Å². The van der Waals surface area contributed by atoms with Crippen LogP contribution in [0.5, 0.6) is 0 Å². The lowest BCUT2D eigenvalue weighted by Gasteiger charge is -2.16. The fourth-order valence-corrected chi connectivity index (χ4v) is 1.88.